The lowest BCUT2D eigenvalue weighted by Crippen LogP contribution is -2.42. The zero-order valence-electron chi connectivity index (χ0n) is 10.6. The van der Waals surface area contributed by atoms with Crippen LogP contribution in [0, 0.1) is 5.92 Å². The Bertz CT molecular complexity index is 455. The molecule has 0 aromatic heterocycles. The molecule has 0 saturated heterocycles. The number of Topliss-reactive ketones (excluding diaryl/α,β-unsaturated/α-hetero) is 1. The summed E-state index contributed by atoms with van der Waals surface area (Å²) in [6.45, 7) is 3.62. The fourth-order valence-electron chi connectivity index (χ4n) is 1.68. The van der Waals surface area contributed by atoms with E-state index in [-0.39, 0.29) is 5.92 Å². The summed E-state index contributed by atoms with van der Waals surface area (Å²) in [7, 11) is 0. The van der Waals surface area contributed by atoms with Gasteiger partial charge in [-0.25, -0.2) is 0 Å². The molecule has 0 spiro atoms. The second-order valence-electron chi connectivity index (χ2n) is 4.66. The Morgan fingerprint density at radius 2 is 1.30 bits per heavy atom. The number of hydrogen-bond donors (Lipinski definition) is 0. The van der Waals surface area contributed by atoms with Crippen LogP contribution in [0.25, 0.3) is 0 Å². The SMILES string of the molecule is CC(C)c1ccc(C(=O)C(C(F)(F)F)C(F)(F)F)cc1. The molecule has 0 radical (unpaired) electrons. The van der Waals surface area contributed by atoms with E-state index in [0.29, 0.717) is 0 Å². The Kier molecular flexibility index (Phi) is 4.51. The van der Waals surface area contributed by atoms with Crippen LogP contribution in [0.1, 0.15) is 35.7 Å². The summed E-state index contributed by atoms with van der Waals surface area (Å²) in [5.41, 5.74) is 0.117. The van der Waals surface area contributed by atoms with Gasteiger partial charge >= 0.3 is 12.4 Å². The van der Waals surface area contributed by atoms with Gasteiger partial charge in [-0.3, -0.25) is 4.79 Å². The second-order valence-corrected chi connectivity index (χ2v) is 4.66. The standard InChI is InChI=1S/C13H12F6O/c1-7(2)8-3-5-9(6-4-8)10(20)11(12(14,15)16)13(17,18)19/h3-7,11H,1-2H3. The maximum Gasteiger partial charge on any atom is 0.407 e. The Balaban J connectivity index is 3.14. The van der Waals surface area contributed by atoms with E-state index in [4.69, 9.17) is 0 Å². The molecule has 0 fully saturated rings. The van der Waals surface area contributed by atoms with E-state index in [1.54, 1.807) is 0 Å². The number of carbonyl (C=O) groups excluding carboxylic acids is 1. The molecular formula is C13H12F6O. The van der Waals surface area contributed by atoms with Crippen molar-refractivity contribution in [1.82, 2.24) is 0 Å². The van der Waals surface area contributed by atoms with Gasteiger partial charge in [0.05, 0.1) is 0 Å². The minimum absolute atomic E-state index is 0.0557. The highest BCUT2D eigenvalue weighted by Crippen LogP contribution is 2.41. The molecule has 0 N–H and O–H groups in total. The first-order valence-corrected chi connectivity index (χ1v) is 5.72. The Labute approximate surface area is 111 Å². The maximum atomic E-state index is 12.4. The lowest BCUT2D eigenvalue weighted by atomic mass is 9.94. The van der Waals surface area contributed by atoms with Crippen molar-refractivity contribution in [3.05, 3.63) is 35.4 Å². The molecule has 1 aromatic rings. The van der Waals surface area contributed by atoms with Crippen molar-refractivity contribution < 1.29 is 31.1 Å². The van der Waals surface area contributed by atoms with Crippen molar-refractivity contribution in [3.63, 3.8) is 0 Å². The van der Waals surface area contributed by atoms with E-state index in [1.165, 1.54) is 12.1 Å². The molecule has 0 aliphatic carbocycles. The second kappa shape index (κ2) is 5.46. The van der Waals surface area contributed by atoms with E-state index in [1.807, 2.05) is 13.8 Å². The molecular weight excluding hydrogens is 286 g/mol. The topological polar surface area (TPSA) is 17.1 Å². The zero-order valence-corrected chi connectivity index (χ0v) is 10.6. The summed E-state index contributed by atoms with van der Waals surface area (Å²) < 4.78 is 74.5. The molecule has 7 heteroatoms. The fourth-order valence-corrected chi connectivity index (χ4v) is 1.68. The zero-order chi connectivity index (χ0) is 15.7. The number of ketones is 1. The minimum Gasteiger partial charge on any atom is -0.293 e. The Morgan fingerprint density at radius 1 is 0.900 bits per heavy atom. The summed E-state index contributed by atoms with van der Waals surface area (Å²) in [5.74, 6) is -5.92. The predicted octanol–water partition coefficient (Wildman–Crippen LogP) is 4.73. The van der Waals surface area contributed by atoms with Gasteiger partial charge in [0.25, 0.3) is 0 Å². The van der Waals surface area contributed by atoms with Crippen LogP contribution in [-0.2, 0) is 0 Å². The van der Waals surface area contributed by atoms with Crippen molar-refractivity contribution in [1.29, 1.82) is 0 Å². The number of carbonyl (C=O) groups is 1. The number of benzene rings is 1. The van der Waals surface area contributed by atoms with Crippen LogP contribution >= 0.6 is 0 Å². The third-order valence-corrected chi connectivity index (χ3v) is 2.78. The van der Waals surface area contributed by atoms with Gasteiger partial charge in [-0.1, -0.05) is 38.1 Å². The van der Waals surface area contributed by atoms with Crippen molar-refractivity contribution in [2.75, 3.05) is 0 Å². The van der Waals surface area contributed by atoms with Gasteiger partial charge in [0.2, 0.25) is 5.92 Å². The summed E-state index contributed by atoms with van der Waals surface area (Å²) >= 11 is 0. The average molecular weight is 298 g/mol. The van der Waals surface area contributed by atoms with E-state index in [9.17, 15) is 31.1 Å². The third-order valence-electron chi connectivity index (χ3n) is 2.78. The molecule has 20 heavy (non-hydrogen) atoms. The van der Waals surface area contributed by atoms with Gasteiger partial charge in [-0.15, -0.1) is 0 Å². The summed E-state index contributed by atoms with van der Waals surface area (Å²) in [5, 5.41) is 0. The quantitative estimate of drug-likeness (QED) is 0.582. The number of hydrogen-bond acceptors (Lipinski definition) is 1. The van der Waals surface area contributed by atoms with Crippen LogP contribution in [0.5, 0.6) is 0 Å². The largest absolute Gasteiger partial charge is 0.407 e. The van der Waals surface area contributed by atoms with Crippen molar-refractivity contribution >= 4 is 5.78 Å². The molecule has 1 nitrogen and oxygen atoms in total. The molecule has 0 saturated carbocycles. The van der Waals surface area contributed by atoms with Crippen LogP contribution in [0.3, 0.4) is 0 Å². The number of halogens is 6. The molecule has 1 aromatic carbocycles. The number of rotatable bonds is 3. The lowest BCUT2D eigenvalue weighted by molar-refractivity contribution is -0.264. The van der Waals surface area contributed by atoms with Crippen LogP contribution in [0.4, 0.5) is 26.3 Å². The highest BCUT2D eigenvalue weighted by Gasteiger charge is 2.60. The summed E-state index contributed by atoms with van der Waals surface area (Å²) in [4.78, 5) is 11.5. The number of alkyl halides is 6. The smallest absolute Gasteiger partial charge is 0.293 e. The first-order valence-electron chi connectivity index (χ1n) is 5.72. The van der Waals surface area contributed by atoms with Gasteiger partial charge in [-0.05, 0) is 11.5 Å². The van der Waals surface area contributed by atoms with Crippen LogP contribution < -0.4 is 0 Å². The summed E-state index contributed by atoms with van der Waals surface area (Å²) in [6.07, 6.45) is -11.3. The van der Waals surface area contributed by atoms with E-state index in [0.717, 1.165) is 17.7 Å². The van der Waals surface area contributed by atoms with Crippen LogP contribution in [0.15, 0.2) is 24.3 Å². The molecule has 1 rings (SSSR count). The molecule has 0 aliphatic heterocycles. The highest BCUT2D eigenvalue weighted by atomic mass is 19.4. The average Bonchev–Trinajstić information content (AvgIpc) is 2.25. The Hall–Kier alpha value is -1.53. The first-order chi connectivity index (χ1) is 8.94. The molecule has 0 amide bonds. The van der Waals surface area contributed by atoms with E-state index in [2.05, 4.69) is 0 Å². The fraction of sp³-hybridized carbons (Fsp3) is 0.462. The Morgan fingerprint density at radius 3 is 1.60 bits per heavy atom. The normalized spacial score (nSPS) is 13.1. The van der Waals surface area contributed by atoms with E-state index < -0.39 is 29.6 Å². The minimum atomic E-state index is -5.66. The maximum absolute atomic E-state index is 12.4. The van der Waals surface area contributed by atoms with Crippen LogP contribution in [-0.4, -0.2) is 18.1 Å². The monoisotopic (exact) mass is 298 g/mol. The van der Waals surface area contributed by atoms with Gasteiger partial charge in [-0.2, -0.15) is 26.3 Å². The van der Waals surface area contributed by atoms with Crippen molar-refractivity contribution in [3.8, 4) is 0 Å². The van der Waals surface area contributed by atoms with Gasteiger partial charge < -0.3 is 0 Å². The highest BCUT2D eigenvalue weighted by molar-refractivity contribution is 5.98. The van der Waals surface area contributed by atoms with Crippen molar-refractivity contribution in [2.24, 2.45) is 5.92 Å². The molecule has 0 bridgehead atoms. The predicted molar refractivity (Wildman–Crippen MR) is 60.5 cm³/mol. The van der Waals surface area contributed by atoms with E-state index >= 15 is 0 Å². The van der Waals surface area contributed by atoms with Gasteiger partial charge in [0.1, 0.15) is 0 Å². The first kappa shape index (κ1) is 16.5. The molecule has 0 heterocycles. The van der Waals surface area contributed by atoms with Gasteiger partial charge in [0.15, 0.2) is 5.78 Å². The molecule has 0 unspecified atom stereocenters. The third kappa shape index (κ3) is 3.74. The molecule has 0 atom stereocenters. The summed E-state index contributed by atoms with van der Waals surface area (Å²) in [6, 6.07) is 4.67. The van der Waals surface area contributed by atoms with Gasteiger partial charge in [0, 0.05) is 5.56 Å². The van der Waals surface area contributed by atoms with Crippen molar-refractivity contribution in [2.45, 2.75) is 32.1 Å². The van der Waals surface area contributed by atoms with Crippen LogP contribution in [0.2, 0.25) is 0 Å². The lowest BCUT2D eigenvalue weighted by Gasteiger charge is -2.21. The molecule has 0 aliphatic rings. The molecule has 112 valence electrons.